The summed E-state index contributed by atoms with van der Waals surface area (Å²) in [6.07, 6.45) is -0.208. The zero-order chi connectivity index (χ0) is 10.7. The molecule has 0 spiro atoms. The Bertz CT molecular complexity index is 386. The van der Waals surface area contributed by atoms with Crippen molar-refractivity contribution < 1.29 is 19.8 Å². The Morgan fingerprint density at radius 1 is 1.29 bits per heavy atom. The van der Waals surface area contributed by atoms with Gasteiger partial charge < -0.3 is 15.9 Å². The van der Waals surface area contributed by atoms with Crippen LogP contribution in [-0.4, -0.2) is 22.2 Å². The monoisotopic (exact) mass is 195 g/mol. The number of aliphatic carboxylic acids is 1. The van der Waals surface area contributed by atoms with Crippen molar-refractivity contribution in [2.45, 2.75) is 6.42 Å². The molecule has 1 aromatic rings. The van der Waals surface area contributed by atoms with Crippen LogP contribution in [0.4, 0.5) is 5.69 Å². The van der Waals surface area contributed by atoms with E-state index >= 15 is 0 Å². The Balaban J connectivity index is 3.06. The molecule has 0 amide bonds. The summed E-state index contributed by atoms with van der Waals surface area (Å²) in [7, 11) is 0. The fourth-order valence-electron chi connectivity index (χ4n) is 1.07. The van der Waals surface area contributed by atoms with Gasteiger partial charge in [0.15, 0.2) is 0 Å². The van der Waals surface area contributed by atoms with Crippen LogP contribution >= 0.6 is 0 Å². The highest BCUT2D eigenvalue weighted by molar-refractivity contribution is 5.94. The number of hydrogen-bond donors (Lipinski definition) is 3. The molecule has 0 unspecified atom stereocenters. The third-order valence-electron chi connectivity index (χ3n) is 1.70. The Labute approximate surface area is 79.8 Å². The van der Waals surface area contributed by atoms with Crippen molar-refractivity contribution in [3.05, 3.63) is 29.3 Å². The fraction of sp³-hybridized carbons (Fsp3) is 0.111. The predicted molar refractivity (Wildman–Crippen MR) is 49.2 cm³/mol. The summed E-state index contributed by atoms with van der Waals surface area (Å²) in [5.74, 6) is -2.17. The van der Waals surface area contributed by atoms with Gasteiger partial charge in [0, 0.05) is 5.69 Å². The Hall–Kier alpha value is -2.04. The van der Waals surface area contributed by atoms with Gasteiger partial charge in [-0.1, -0.05) is 6.07 Å². The van der Waals surface area contributed by atoms with E-state index < -0.39 is 11.9 Å². The number of carbonyl (C=O) groups is 2. The molecule has 0 bridgehead atoms. The number of nitrogens with two attached hydrogens (primary N) is 1. The number of hydrogen-bond acceptors (Lipinski definition) is 3. The van der Waals surface area contributed by atoms with Crippen LogP contribution in [0, 0.1) is 0 Å². The van der Waals surface area contributed by atoms with Crippen LogP contribution in [0.1, 0.15) is 15.9 Å². The van der Waals surface area contributed by atoms with E-state index in [-0.39, 0.29) is 17.7 Å². The molecule has 0 atom stereocenters. The van der Waals surface area contributed by atoms with Crippen LogP contribution < -0.4 is 5.73 Å². The molecular weight excluding hydrogens is 186 g/mol. The smallest absolute Gasteiger partial charge is 0.337 e. The molecule has 0 saturated carbocycles. The number of benzene rings is 1. The first kappa shape index (κ1) is 10.0. The van der Waals surface area contributed by atoms with E-state index in [0.29, 0.717) is 5.56 Å². The lowest BCUT2D eigenvalue weighted by Crippen LogP contribution is -2.06. The maximum Gasteiger partial charge on any atom is 0.337 e. The Kier molecular flexibility index (Phi) is 2.71. The summed E-state index contributed by atoms with van der Waals surface area (Å²) < 4.78 is 0. The lowest BCUT2D eigenvalue weighted by atomic mass is 10.1. The van der Waals surface area contributed by atoms with Crippen molar-refractivity contribution in [3.63, 3.8) is 0 Å². The van der Waals surface area contributed by atoms with E-state index in [4.69, 9.17) is 15.9 Å². The largest absolute Gasteiger partial charge is 0.481 e. The molecule has 0 aromatic heterocycles. The van der Waals surface area contributed by atoms with Gasteiger partial charge in [-0.05, 0) is 17.7 Å². The molecule has 0 aliphatic rings. The van der Waals surface area contributed by atoms with Gasteiger partial charge in [-0.3, -0.25) is 4.79 Å². The molecule has 0 radical (unpaired) electrons. The first-order valence-corrected chi connectivity index (χ1v) is 3.84. The maximum absolute atomic E-state index is 10.6. The molecule has 0 aliphatic carbocycles. The van der Waals surface area contributed by atoms with Crippen molar-refractivity contribution in [2.75, 3.05) is 5.73 Å². The van der Waals surface area contributed by atoms with E-state index in [9.17, 15) is 9.59 Å². The predicted octanol–water partition coefficient (Wildman–Crippen LogP) is 0.594. The highest BCUT2D eigenvalue weighted by atomic mass is 16.4. The van der Waals surface area contributed by atoms with Crippen molar-refractivity contribution >= 4 is 17.6 Å². The number of anilines is 1. The molecule has 4 N–H and O–H groups in total. The van der Waals surface area contributed by atoms with Gasteiger partial charge >= 0.3 is 11.9 Å². The van der Waals surface area contributed by atoms with Crippen molar-refractivity contribution in [2.24, 2.45) is 0 Å². The topological polar surface area (TPSA) is 101 Å². The molecule has 0 aliphatic heterocycles. The van der Waals surface area contributed by atoms with Gasteiger partial charge in [-0.2, -0.15) is 0 Å². The summed E-state index contributed by atoms with van der Waals surface area (Å²) >= 11 is 0. The third-order valence-corrected chi connectivity index (χ3v) is 1.70. The molecule has 0 heterocycles. The summed E-state index contributed by atoms with van der Waals surface area (Å²) in [6.45, 7) is 0. The Morgan fingerprint density at radius 3 is 2.43 bits per heavy atom. The standard InChI is InChI=1S/C9H9NO4/c10-7-2-1-5(4-8(11)12)3-6(7)9(13)14/h1-3H,4,10H2,(H,11,12)(H,13,14). The summed E-state index contributed by atoms with van der Waals surface area (Å²) in [5.41, 5.74) is 5.88. The summed E-state index contributed by atoms with van der Waals surface area (Å²) in [5, 5.41) is 17.2. The number of aromatic carboxylic acids is 1. The molecule has 0 saturated heterocycles. The second-order valence-corrected chi connectivity index (χ2v) is 2.80. The quantitative estimate of drug-likeness (QED) is 0.613. The first-order valence-electron chi connectivity index (χ1n) is 3.84. The molecule has 1 rings (SSSR count). The van der Waals surface area contributed by atoms with Gasteiger partial charge in [-0.25, -0.2) is 4.79 Å². The van der Waals surface area contributed by atoms with Crippen LogP contribution in [0.3, 0.4) is 0 Å². The van der Waals surface area contributed by atoms with Crippen LogP contribution in [0.2, 0.25) is 0 Å². The van der Waals surface area contributed by atoms with Gasteiger partial charge in [0.1, 0.15) is 0 Å². The van der Waals surface area contributed by atoms with E-state index in [0.717, 1.165) is 0 Å². The Morgan fingerprint density at radius 2 is 1.93 bits per heavy atom. The minimum absolute atomic E-state index is 0.0660. The number of rotatable bonds is 3. The van der Waals surface area contributed by atoms with Crippen LogP contribution in [0.5, 0.6) is 0 Å². The van der Waals surface area contributed by atoms with E-state index in [1.165, 1.54) is 18.2 Å². The van der Waals surface area contributed by atoms with Gasteiger partial charge in [-0.15, -0.1) is 0 Å². The van der Waals surface area contributed by atoms with Crippen LogP contribution in [0.15, 0.2) is 18.2 Å². The van der Waals surface area contributed by atoms with Crippen molar-refractivity contribution in [3.8, 4) is 0 Å². The zero-order valence-electron chi connectivity index (χ0n) is 7.23. The molecule has 74 valence electrons. The van der Waals surface area contributed by atoms with Crippen LogP contribution in [-0.2, 0) is 11.2 Å². The molecule has 5 heteroatoms. The average molecular weight is 195 g/mol. The van der Waals surface area contributed by atoms with E-state index in [1.807, 2.05) is 0 Å². The highest BCUT2D eigenvalue weighted by Crippen LogP contribution is 2.14. The maximum atomic E-state index is 10.6. The molecule has 14 heavy (non-hydrogen) atoms. The fourth-order valence-corrected chi connectivity index (χ4v) is 1.07. The average Bonchev–Trinajstić information content (AvgIpc) is 2.07. The van der Waals surface area contributed by atoms with E-state index in [1.54, 1.807) is 0 Å². The second-order valence-electron chi connectivity index (χ2n) is 2.80. The first-order chi connectivity index (χ1) is 6.50. The SMILES string of the molecule is Nc1ccc(CC(=O)O)cc1C(=O)O. The molecule has 0 fully saturated rings. The summed E-state index contributed by atoms with van der Waals surface area (Å²) in [6, 6.07) is 4.16. The number of nitrogen functional groups attached to an aromatic ring is 1. The second kappa shape index (κ2) is 3.78. The van der Waals surface area contributed by atoms with Gasteiger partial charge in [0.2, 0.25) is 0 Å². The lowest BCUT2D eigenvalue weighted by Gasteiger charge is -2.02. The number of carboxylic acids is 2. The zero-order valence-corrected chi connectivity index (χ0v) is 7.23. The molecule has 5 nitrogen and oxygen atoms in total. The highest BCUT2D eigenvalue weighted by Gasteiger charge is 2.09. The van der Waals surface area contributed by atoms with Crippen molar-refractivity contribution in [1.82, 2.24) is 0 Å². The van der Waals surface area contributed by atoms with Crippen molar-refractivity contribution in [1.29, 1.82) is 0 Å². The molecule has 1 aromatic carbocycles. The number of carboxylic acid groups (broad SMARTS) is 2. The minimum Gasteiger partial charge on any atom is -0.481 e. The van der Waals surface area contributed by atoms with Crippen LogP contribution in [0.25, 0.3) is 0 Å². The van der Waals surface area contributed by atoms with E-state index in [2.05, 4.69) is 0 Å². The molecular formula is C9H9NO4. The van der Waals surface area contributed by atoms with Gasteiger partial charge in [0.25, 0.3) is 0 Å². The normalized spacial score (nSPS) is 9.71. The minimum atomic E-state index is -1.16. The lowest BCUT2D eigenvalue weighted by molar-refractivity contribution is -0.136. The summed E-state index contributed by atoms with van der Waals surface area (Å²) in [4.78, 5) is 21.0. The van der Waals surface area contributed by atoms with Gasteiger partial charge in [0.05, 0.1) is 12.0 Å². The third kappa shape index (κ3) is 2.22.